The van der Waals surface area contributed by atoms with Crippen LogP contribution in [0.1, 0.15) is 10.4 Å². The lowest BCUT2D eigenvalue weighted by Gasteiger charge is -2.03. The van der Waals surface area contributed by atoms with E-state index < -0.39 is 5.97 Å². The number of pyridine rings is 1. The van der Waals surface area contributed by atoms with E-state index in [1.807, 2.05) is 30.3 Å². The van der Waals surface area contributed by atoms with E-state index in [1.54, 1.807) is 12.1 Å². The van der Waals surface area contributed by atoms with Gasteiger partial charge in [0.25, 0.3) is 0 Å². The molecule has 0 aliphatic heterocycles. The second-order valence-corrected chi connectivity index (χ2v) is 4.30. The summed E-state index contributed by atoms with van der Waals surface area (Å²) in [5, 5.41) is 11.2. The number of nitrogens with zero attached hydrogens (tertiary/aromatic N) is 1. The Labute approximate surface area is 110 Å². The van der Waals surface area contributed by atoms with Crippen molar-refractivity contribution in [1.82, 2.24) is 4.98 Å². The topological polar surface area (TPSA) is 50.2 Å². The van der Waals surface area contributed by atoms with E-state index >= 15 is 0 Å². The Bertz CT molecular complexity index is 748. The Hall–Kier alpha value is -2.68. The van der Waals surface area contributed by atoms with E-state index in [4.69, 9.17) is 5.11 Å². The van der Waals surface area contributed by atoms with Crippen LogP contribution in [-0.2, 0) is 0 Å². The van der Waals surface area contributed by atoms with Crippen LogP contribution in [0, 0.1) is 0 Å². The smallest absolute Gasteiger partial charge is 0.337 e. The van der Waals surface area contributed by atoms with Gasteiger partial charge in [0.05, 0.1) is 11.3 Å². The van der Waals surface area contributed by atoms with Crippen molar-refractivity contribution in [2.24, 2.45) is 0 Å². The molecule has 1 N–H and O–H groups in total. The van der Waals surface area contributed by atoms with Gasteiger partial charge in [-0.25, -0.2) is 4.79 Å². The zero-order valence-electron chi connectivity index (χ0n) is 10.1. The molecule has 3 nitrogen and oxygen atoms in total. The number of aromatic carboxylic acids is 1. The number of rotatable bonds is 2. The van der Waals surface area contributed by atoms with Crippen molar-refractivity contribution in [3.8, 4) is 11.3 Å². The maximum atomic E-state index is 10.8. The molecule has 0 atom stereocenters. The summed E-state index contributed by atoms with van der Waals surface area (Å²) in [5.74, 6) is -0.961. The highest BCUT2D eigenvalue weighted by Crippen LogP contribution is 2.23. The van der Waals surface area contributed by atoms with E-state index in [-0.39, 0.29) is 5.56 Å². The molecule has 0 saturated heterocycles. The first-order chi connectivity index (χ1) is 9.24. The highest BCUT2D eigenvalue weighted by molar-refractivity contribution is 5.89. The Morgan fingerprint density at radius 2 is 1.74 bits per heavy atom. The summed E-state index contributed by atoms with van der Waals surface area (Å²) < 4.78 is 0. The minimum absolute atomic E-state index is 0.199. The number of carbonyl (C=O) groups is 1. The average Bonchev–Trinajstić information content (AvgIpc) is 2.47. The number of aromatic nitrogens is 1. The molecule has 1 heterocycles. The predicted octanol–water partition coefficient (Wildman–Crippen LogP) is 3.60. The average molecular weight is 249 g/mol. The first kappa shape index (κ1) is 11.4. The van der Waals surface area contributed by atoms with Crippen molar-refractivity contribution in [3.63, 3.8) is 0 Å². The van der Waals surface area contributed by atoms with Crippen LogP contribution < -0.4 is 0 Å². The van der Waals surface area contributed by atoms with Crippen LogP contribution in [0.4, 0.5) is 0 Å². The zero-order chi connectivity index (χ0) is 13.2. The molecule has 0 aliphatic rings. The third-order valence-electron chi connectivity index (χ3n) is 3.06. The number of benzene rings is 2. The number of hydrogen-bond donors (Lipinski definition) is 1. The fraction of sp³-hybridized carbons (Fsp3) is 0. The molecule has 0 radical (unpaired) electrons. The van der Waals surface area contributed by atoms with E-state index in [9.17, 15) is 4.79 Å². The minimum atomic E-state index is -0.961. The molecule has 19 heavy (non-hydrogen) atoms. The molecule has 1 aromatic heterocycles. The van der Waals surface area contributed by atoms with Gasteiger partial charge in [0.15, 0.2) is 0 Å². The third kappa shape index (κ3) is 2.18. The minimum Gasteiger partial charge on any atom is -0.478 e. The van der Waals surface area contributed by atoms with Gasteiger partial charge < -0.3 is 5.11 Å². The van der Waals surface area contributed by atoms with Gasteiger partial charge in [-0.15, -0.1) is 0 Å². The van der Waals surface area contributed by atoms with Crippen LogP contribution in [0.5, 0.6) is 0 Å². The Morgan fingerprint density at radius 1 is 0.947 bits per heavy atom. The quantitative estimate of drug-likeness (QED) is 0.754. The molecule has 0 amide bonds. The van der Waals surface area contributed by atoms with Gasteiger partial charge in [0, 0.05) is 11.8 Å². The Balaban J connectivity index is 2.06. The molecule has 3 aromatic rings. The fourth-order valence-corrected chi connectivity index (χ4v) is 2.04. The summed E-state index contributed by atoms with van der Waals surface area (Å²) >= 11 is 0. The largest absolute Gasteiger partial charge is 0.478 e. The van der Waals surface area contributed by atoms with Crippen LogP contribution in [0.3, 0.4) is 0 Å². The molecular formula is C16H11NO2. The molecule has 0 bridgehead atoms. The van der Waals surface area contributed by atoms with E-state index in [0.717, 1.165) is 16.6 Å². The van der Waals surface area contributed by atoms with Gasteiger partial charge in [-0.05, 0) is 29.0 Å². The zero-order valence-corrected chi connectivity index (χ0v) is 10.1. The van der Waals surface area contributed by atoms with Crippen LogP contribution in [0.25, 0.3) is 22.0 Å². The van der Waals surface area contributed by atoms with Crippen LogP contribution >= 0.6 is 0 Å². The molecule has 0 aliphatic carbocycles. The third-order valence-corrected chi connectivity index (χ3v) is 3.06. The summed E-state index contributed by atoms with van der Waals surface area (Å²) in [5.41, 5.74) is 1.95. The Kier molecular flexibility index (Phi) is 2.72. The van der Waals surface area contributed by atoms with Crippen molar-refractivity contribution in [2.75, 3.05) is 0 Å². The van der Waals surface area contributed by atoms with Gasteiger partial charge in [-0.1, -0.05) is 36.4 Å². The maximum absolute atomic E-state index is 10.8. The van der Waals surface area contributed by atoms with Crippen LogP contribution in [-0.4, -0.2) is 16.1 Å². The molecule has 2 aromatic carbocycles. The van der Waals surface area contributed by atoms with Crippen molar-refractivity contribution in [2.45, 2.75) is 0 Å². The van der Waals surface area contributed by atoms with Crippen LogP contribution in [0.15, 0.2) is 60.8 Å². The molecule has 3 heteroatoms. The van der Waals surface area contributed by atoms with E-state index in [2.05, 4.69) is 17.1 Å². The van der Waals surface area contributed by atoms with Gasteiger partial charge in [0.1, 0.15) is 0 Å². The summed E-state index contributed by atoms with van der Waals surface area (Å²) in [6.07, 6.45) is 1.38. The lowest BCUT2D eigenvalue weighted by molar-refractivity contribution is 0.0696. The summed E-state index contributed by atoms with van der Waals surface area (Å²) in [7, 11) is 0. The van der Waals surface area contributed by atoms with Crippen molar-refractivity contribution in [1.29, 1.82) is 0 Å². The molecule has 0 spiro atoms. The molecule has 0 fully saturated rings. The molecule has 3 rings (SSSR count). The van der Waals surface area contributed by atoms with E-state index in [0.29, 0.717) is 0 Å². The molecule has 0 unspecified atom stereocenters. The van der Waals surface area contributed by atoms with E-state index in [1.165, 1.54) is 11.6 Å². The second kappa shape index (κ2) is 4.53. The van der Waals surface area contributed by atoms with Gasteiger partial charge in [-0.2, -0.15) is 0 Å². The second-order valence-electron chi connectivity index (χ2n) is 4.30. The van der Waals surface area contributed by atoms with Crippen molar-refractivity contribution < 1.29 is 9.90 Å². The van der Waals surface area contributed by atoms with Crippen molar-refractivity contribution >= 4 is 16.7 Å². The maximum Gasteiger partial charge on any atom is 0.337 e. The Morgan fingerprint density at radius 3 is 2.42 bits per heavy atom. The SMILES string of the molecule is O=C(O)c1ccc(-c2ccc3ccccc3c2)nc1. The predicted molar refractivity (Wildman–Crippen MR) is 74.1 cm³/mol. The lowest BCUT2D eigenvalue weighted by atomic mass is 10.0. The molecular weight excluding hydrogens is 238 g/mol. The van der Waals surface area contributed by atoms with Crippen LogP contribution in [0.2, 0.25) is 0 Å². The first-order valence-electron chi connectivity index (χ1n) is 5.92. The fourth-order valence-electron chi connectivity index (χ4n) is 2.04. The highest BCUT2D eigenvalue weighted by atomic mass is 16.4. The number of fused-ring (bicyclic) bond motifs is 1. The standard InChI is InChI=1S/C16H11NO2/c18-16(19)14-7-8-15(17-10-14)13-6-5-11-3-1-2-4-12(11)9-13/h1-10H,(H,18,19). The van der Waals surface area contributed by atoms with Gasteiger partial charge >= 0.3 is 5.97 Å². The summed E-state index contributed by atoms with van der Waals surface area (Å²) in [6, 6.07) is 17.5. The monoisotopic (exact) mass is 249 g/mol. The summed E-state index contributed by atoms with van der Waals surface area (Å²) in [6.45, 7) is 0. The lowest BCUT2D eigenvalue weighted by Crippen LogP contribution is -1.97. The van der Waals surface area contributed by atoms with Crippen molar-refractivity contribution in [3.05, 3.63) is 66.4 Å². The van der Waals surface area contributed by atoms with Gasteiger partial charge in [-0.3, -0.25) is 4.98 Å². The summed E-state index contributed by atoms with van der Waals surface area (Å²) in [4.78, 5) is 15.0. The van der Waals surface area contributed by atoms with Gasteiger partial charge in [0.2, 0.25) is 0 Å². The number of carboxylic acids is 1. The molecule has 92 valence electrons. The normalized spacial score (nSPS) is 10.5. The number of carboxylic acid groups (broad SMARTS) is 1. The molecule has 0 saturated carbocycles. The highest BCUT2D eigenvalue weighted by Gasteiger charge is 2.05. The first-order valence-corrected chi connectivity index (χ1v) is 5.92. The number of hydrogen-bond acceptors (Lipinski definition) is 2.